The number of carboxylic acid groups (broad SMARTS) is 1. The average Bonchev–Trinajstić information content (AvgIpc) is 2.24. The topological polar surface area (TPSA) is 69.7 Å². The molecule has 7 heteroatoms. The number of carbonyl (C=O) groups is 2. The van der Waals surface area contributed by atoms with E-state index >= 15 is 0 Å². The van der Waals surface area contributed by atoms with Gasteiger partial charge in [0, 0.05) is 24.1 Å². The molecule has 19 heavy (non-hydrogen) atoms. The van der Waals surface area contributed by atoms with Crippen molar-refractivity contribution in [2.45, 2.75) is 44.5 Å². The summed E-state index contributed by atoms with van der Waals surface area (Å²) in [4.78, 5) is 23.8. The minimum Gasteiger partial charge on any atom is -0.549 e. The number of likely N-dealkylation sites (tertiary alicyclic amines) is 1. The first-order valence-corrected chi connectivity index (χ1v) is 7.12. The Morgan fingerprint density at radius 1 is 1.32 bits per heavy atom. The second-order valence-electron chi connectivity index (χ2n) is 5.35. The zero-order chi connectivity index (χ0) is 13.8. The molecule has 0 spiro atoms. The van der Waals surface area contributed by atoms with Crippen molar-refractivity contribution in [3.05, 3.63) is 0 Å². The van der Waals surface area contributed by atoms with Crippen molar-refractivity contribution in [1.29, 1.82) is 0 Å². The molecular formula is C12H20NNaO4S. The molecule has 1 aliphatic heterocycles. The maximum absolute atomic E-state index is 11.8. The zero-order valence-electron chi connectivity index (χ0n) is 12.1. The number of aliphatic carboxylic acids is 1. The predicted octanol–water partition coefficient (Wildman–Crippen LogP) is -2.13. The van der Waals surface area contributed by atoms with Gasteiger partial charge in [0.25, 0.3) is 0 Å². The van der Waals surface area contributed by atoms with Gasteiger partial charge in [-0.15, -0.1) is 0 Å². The molecule has 5 nitrogen and oxygen atoms in total. The molecule has 1 rings (SSSR count). The SMILES string of the molecule is CC(C)(C)OC(=O)N1CCC(SCC(=O)[O-])CC1.[Na+]. The third-order valence-electron chi connectivity index (χ3n) is 2.53. The van der Waals surface area contributed by atoms with Gasteiger partial charge < -0.3 is 19.5 Å². The van der Waals surface area contributed by atoms with E-state index in [4.69, 9.17) is 4.74 Å². The van der Waals surface area contributed by atoms with Crippen LogP contribution in [0.15, 0.2) is 0 Å². The number of carboxylic acids is 1. The number of amides is 1. The van der Waals surface area contributed by atoms with Crippen molar-refractivity contribution in [3.63, 3.8) is 0 Å². The first kappa shape index (κ1) is 19.1. The zero-order valence-corrected chi connectivity index (χ0v) is 14.9. The fourth-order valence-corrected chi connectivity index (χ4v) is 2.63. The molecule has 0 aromatic carbocycles. The molecule has 1 heterocycles. The number of piperidine rings is 1. The standard InChI is InChI=1S/C12H21NO4S.Na/c1-12(2,3)17-11(16)13-6-4-9(5-7-13)18-8-10(14)15;/h9H,4-8H2,1-3H3,(H,14,15);/q;+1/p-1. The Morgan fingerprint density at radius 3 is 2.26 bits per heavy atom. The minimum atomic E-state index is -1.03. The van der Waals surface area contributed by atoms with E-state index in [1.54, 1.807) is 4.90 Å². The molecule has 0 N–H and O–H groups in total. The van der Waals surface area contributed by atoms with Crippen LogP contribution < -0.4 is 34.7 Å². The summed E-state index contributed by atoms with van der Waals surface area (Å²) < 4.78 is 5.29. The molecule has 1 amide bonds. The Bertz CT molecular complexity index is 311. The maximum atomic E-state index is 11.8. The van der Waals surface area contributed by atoms with Gasteiger partial charge in [-0.05, 0) is 33.6 Å². The molecular weight excluding hydrogens is 277 g/mol. The Kier molecular flexibility index (Phi) is 8.43. The molecule has 0 saturated carbocycles. The van der Waals surface area contributed by atoms with Gasteiger partial charge in [-0.25, -0.2) is 4.79 Å². The van der Waals surface area contributed by atoms with E-state index in [1.807, 2.05) is 20.8 Å². The van der Waals surface area contributed by atoms with E-state index in [0.717, 1.165) is 12.8 Å². The Labute approximate surface area is 140 Å². The molecule has 0 unspecified atom stereocenters. The predicted molar refractivity (Wildman–Crippen MR) is 68.3 cm³/mol. The molecule has 0 bridgehead atoms. The molecule has 1 fully saturated rings. The monoisotopic (exact) mass is 297 g/mol. The summed E-state index contributed by atoms with van der Waals surface area (Å²) in [7, 11) is 0. The van der Waals surface area contributed by atoms with Crippen LogP contribution in [0.5, 0.6) is 0 Å². The summed E-state index contributed by atoms with van der Waals surface area (Å²) in [5.74, 6) is -1.01. The second kappa shape index (κ2) is 8.39. The van der Waals surface area contributed by atoms with Crippen molar-refractivity contribution >= 4 is 23.8 Å². The molecule has 0 atom stereocenters. The normalized spacial score (nSPS) is 16.7. The van der Waals surface area contributed by atoms with Crippen LogP contribution in [0.1, 0.15) is 33.6 Å². The number of ether oxygens (including phenoxy) is 1. The molecule has 0 aromatic rings. The van der Waals surface area contributed by atoms with E-state index in [0.29, 0.717) is 18.3 Å². The molecule has 1 saturated heterocycles. The summed E-state index contributed by atoms with van der Waals surface area (Å²) in [6.45, 7) is 6.77. The van der Waals surface area contributed by atoms with Crippen LogP contribution in [0.25, 0.3) is 0 Å². The number of thioether (sulfide) groups is 1. The van der Waals surface area contributed by atoms with Gasteiger partial charge in [0.05, 0.1) is 5.97 Å². The Morgan fingerprint density at radius 2 is 1.84 bits per heavy atom. The maximum Gasteiger partial charge on any atom is 1.00 e. The Balaban J connectivity index is 0.00000324. The third-order valence-corrected chi connectivity index (χ3v) is 3.88. The average molecular weight is 297 g/mol. The van der Waals surface area contributed by atoms with Crippen LogP contribution in [-0.4, -0.2) is 46.7 Å². The van der Waals surface area contributed by atoms with Crippen LogP contribution in [-0.2, 0) is 9.53 Å². The fraction of sp³-hybridized carbons (Fsp3) is 0.833. The fourth-order valence-electron chi connectivity index (χ4n) is 1.72. The summed E-state index contributed by atoms with van der Waals surface area (Å²) in [5, 5.41) is 10.6. The van der Waals surface area contributed by atoms with Crippen molar-refractivity contribution < 1.29 is 49.0 Å². The molecule has 0 aromatic heterocycles. The summed E-state index contributed by atoms with van der Waals surface area (Å²) in [5.41, 5.74) is -0.475. The molecule has 104 valence electrons. The summed E-state index contributed by atoms with van der Waals surface area (Å²) in [6.07, 6.45) is 1.32. The van der Waals surface area contributed by atoms with Crippen LogP contribution in [0.4, 0.5) is 4.79 Å². The number of hydrogen-bond donors (Lipinski definition) is 0. The van der Waals surface area contributed by atoms with Crippen LogP contribution in [0, 0.1) is 0 Å². The van der Waals surface area contributed by atoms with Gasteiger partial charge in [-0.3, -0.25) is 0 Å². The number of rotatable bonds is 3. The smallest absolute Gasteiger partial charge is 0.549 e. The van der Waals surface area contributed by atoms with Gasteiger partial charge in [-0.1, -0.05) is 0 Å². The van der Waals surface area contributed by atoms with Crippen molar-refractivity contribution in [1.82, 2.24) is 4.90 Å². The van der Waals surface area contributed by atoms with Gasteiger partial charge in [0.1, 0.15) is 5.60 Å². The second-order valence-corrected chi connectivity index (χ2v) is 6.64. The number of carbonyl (C=O) groups excluding carboxylic acids is 2. The Hall–Kier alpha value is 0.0900. The van der Waals surface area contributed by atoms with E-state index in [2.05, 4.69) is 0 Å². The molecule has 0 radical (unpaired) electrons. The number of nitrogens with zero attached hydrogens (tertiary/aromatic N) is 1. The molecule has 0 aliphatic carbocycles. The van der Waals surface area contributed by atoms with Crippen LogP contribution in [0.3, 0.4) is 0 Å². The van der Waals surface area contributed by atoms with E-state index in [-0.39, 0.29) is 41.4 Å². The van der Waals surface area contributed by atoms with Crippen molar-refractivity contribution in [2.75, 3.05) is 18.8 Å². The van der Waals surface area contributed by atoms with Gasteiger partial charge in [0.15, 0.2) is 0 Å². The number of hydrogen-bond acceptors (Lipinski definition) is 5. The van der Waals surface area contributed by atoms with Gasteiger partial charge in [-0.2, -0.15) is 11.8 Å². The van der Waals surface area contributed by atoms with Crippen molar-refractivity contribution in [2.24, 2.45) is 0 Å². The van der Waals surface area contributed by atoms with Crippen LogP contribution >= 0.6 is 11.8 Å². The minimum absolute atomic E-state index is 0. The largest absolute Gasteiger partial charge is 1.00 e. The first-order valence-electron chi connectivity index (χ1n) is 6.07. The van der Waals surface area contributed by atoms with E-state index in [9.17, 15) is 14.7 Å². The van der Waals surface area contributed by atoms with Crippen LogP contribution in [0.2, 0.25) is 0 Å². The molecule has 1 aliphatic rings. The van der Waals surface area contributed by atoms with E-state index < -0.39 is 11.6 Å². The summed E-state index contributed by atoms with van der Waals surface area (Å²) in [6, 6.07) is 0. The third kappa shape index (κ3) is 8.07. The quantitative estimate of drug-likeness (QED) is 0.557. The summed E-state index contributed by atoms with van der Waals surface area (Å²) >= 11 is 1.39. The van der Waals surface area contributed by atoms with Gasteiger partial charge in [0.2, 0.25) is 0 Å². The van der Waals surface area contributed by atoms with Crippen molar-refractivity contribution in [3.8, 4) is 0 Å². The first-order chi connectivity index (χ1) is 8.28. The van der Waals surface area contributed by atoms with Gasteiger partial charge >= 0.3 is 35.7 Å². The van der Waals surface area contributed by atoms with E-state index in [1.165, 1.54) is 11.8 Å².